The highest BCUT2D eigenvalue weighted by atomic mass is 32.1. The molecule has 0 aliphatic carbocycles. The average molecular weight is 658 g/mol. The van der Waals surface area contributed by atoms with Crippen LogP contribution in [0.3, 0.4) is 0 Å². The van der Waals surface area contributed by atoms with Gasteiger partial charge in [-0.2, -0.15) is 0 Å². The summed E-state index contributed by atoms with van der Waals surface area (Å²) in [5.41, 5.74) is 9.28. The van der Waals surface area contributed by atoms with Gasteiger partial charge in [-0.1, -0.05) is 133 Å². The number of furan rings is 1. The van der Waals surface area contributed by atoms with Gasteiger partial charge >= 0.3 is 0 Å². The molecule has 4 nitrogen and oxygen atoms in total. The van der Waals surface area contributed by atoms with Crippen molar-refractivity contribution in [2.24, 2.45) is 0 Å². The molecule has 7 aromatic carbocycles. The van der Waals surface area contributed by atoms with Gasteiger partial charge in [0.25, 0.3) is 0 Å². The number of fused-ring (bicyclic) bond motifs is 6. The Morgan fingerprint density at radius 3 is 1.72 bits per heavy atom. The van der Waals surface area contributed by atoms with Crippen LogP contribution in [0.4, 0.5) is 0 Å². The normalized spacial score (nSPS) is 11.6. The van der Waals surface area contributed by atoms with Crippen molar-refractivity contribution >= 4 is 53.4 Å². The van der Waals surface area contributed by atoms with Crippen LogP contribution in [0.15, 0.2) is 168 Å². The first-order chi connectivity index (χ1) is 24.8. The summed E-state index contributed by atoms with van der Waals surface area (Å²) in [7, 11) is 0. The third-order valence-electron chi connectivity index (χ3n) is 9.33. The van der Waals surface area contributed by atoms with Gasteiger partial charge < -0.3 is 4.42 Å². The number of benzene rings is 7. The molecule has 0 saturated heterocycles. The summed E-state index contributed by atoms with van der Waals surface area (Å²) >= 11 is 1.79. The first-order valence-electron chi connectivity index (χ1n) is 16.6. The molecule has 3 heterocycles. The SMILES string of the molecule is c1ccc(-c2nc(-c3ccccc3)nc(-c3cccc4sc5cc(-c6cc(-c7ccccc7)c7c(c6)oc6ccccc67)ccc5c34)n2)cc1. The summed E-state index contributed by atoms with van der Waals surface area (Å²) in [6.07, 6.45) is 0. The maximum Gasteiger partial charge on any atom is 0.164 e. The number of hydrogen-bond donors (Lipinski definition) is 0. The predicted molar refractivity (Wildman–Crippen MR) is 207 cm³/mol. The third-order valence-corrected chi connectivity index (χ3v) is 10.5. The summed E-state index contributed by atoms with van der Waals surface area (Å²) in [5.74, 6) is 1.97. The highest BCUT2D eigenvalue weighted by Crippen LogP contribution is 2.44. The smallest absolute Gasteiger partial charge is 0.164 e. The zero-order valence-electron chi connectivity index (χ0n) is 26.7. The highest BCUT2D eigenvalue weighted by Gasteiger charge is 2.19. The van der Waals surface area contributed by atoms with E-state index in [-0.39, 0.29) is 0 Å². The summed E-state index contributed by atoms with van der Waals surface area (Å²) in [6, 6.07) is 56.8. The van der Waals surface area contributed by atoms with Crippen LogP contribution in [0.2, 0.25) is 0 Å². The van der Waals surface area contributed by atoms with E-state index in [0.717, 1.165) is 55.1 Å². The molecule has 10 rings (SSSR count). The lowest BCUT2D eigenvalue weighted by Gasteiger charge is -2.10. The average Bonchev–Trinajstić information content (AvgIpc) is 3.76. The zero-order chi connectivity index (χ0) is 33.0. The Morgan fingerprint density at radius 2 is 1.00 bits per heavy atom. The molecule has 3 aromatic heterocycles. The maximum atomic E-state index is 6.44. The van der Waals surface area contributed by atoms with E-state index < -0.39 is 0 Å². The highest BCUT2D eigenvalue weighted by molar-refractivity contribution is 7.26. The summed E-state index contributed by atoms with van der Waals surface area (Å²) in [4.78, 5) is 15.0. The van der Waals surface area contributed by atoms with Crippen molar-refractivity contribution in [3.8, 4) is 56.4 Å². The molecule has 234 valence electrons. The fourth-order valence-electron chi connectivity index (χ4n) is 6.99. The van der Waals surface area contributed by atoms with Crippen molar-refractivity contribution in [3.63, 3.8) is 0 Å². The van der Waals surface area contributed by atoms with Crippen LogP contribution in [0.25, 0.3) is 98.5 Å². The number of para-hydroxylation sites is 1. The minimum absolute atomic E-state index is 0.656. The molecular formula is C45H27N3OS. The van der Waals surface area contributed by atoms with Gasteiger partial charge in [-0.25, -0.2) is 15.0 Å². The van der Waals surface area contributed by atoms with Crippen LogP contribution in [0.1, 0.15) is 0 Å². The van der Waals surface area contributed by atoms with Crippen LogP contribution in [-0.2, 0) is 0 Å². The third kappa shape index (κ3) is 4.79. The molecule has 10 aromatic rings. The summed E-state index contributed by atoms with van der Waals surface area (Å²) in [6.45, 7) is 0. The molecule has 0 N–H and O–H groups in total. The van der Waals surface area contributed by atoms with Gasteiger partial charge in [-0.05, 0) is 52.6 Å². The van der Waals surface area contributed by atoms with E-state index in [4.69, 9.17) is 19.4 Å². The Balaban J connectivity index is 1.15. The van der Waals surface area contributed by atoms with Crippen molar-refractivity contribution in [3.05, 3.63) is 164 Å². The van der Waals surface area contributed by atoms with Gasteiger partial charge in [0.05, 0.1) is 0 Å². The van der Waals surface area contributed by atoms with Gasteiger partial charge in [0.2, 0.25) is 0 Å². The van der Waals surface area contributed by atoms with Crippen molar-refractivity contribution in [1.29, 1.82) is 0 Å². The molecule has 0 aliphatic heterocycles. The lowest BCUT2D eigenvalue weighted by Crippen LogP contribution is -2.00. The molecule has 0 bridgehead atoms. The van der Waals surface area contributed by atoms with Crippen molar-refractivity contribution in [2.75, 3.05) is 0 Å². The van der Waals surface area contributed by atoms with E-state index in [9.17, 15) is 0 Å². The Hall–Kier alpha value is -6.43. The molecule has 0 saturated carbocycles. The van der Waals surface area contributed by atoms with Crippen molar-refractivity contribution in [2.45, 2.75) is 0 Å². The molecule has 0 aliphatic rings. The van der Waals surface area contributed by atoms with Crippen LogP contribution in [0.5, 0.6) is 0 Å². The minimum Gasteiger partial charge on any atom is -0.456 e. The molecule has 0 radical (unpaired) electrons. The number of rotatable bonds is 5. The molecule has 50 heavy (non-hydrogen) atoms. The Labute approximate surface area is 292 Å². The monoisotopic (exact) mass is 657 g/mol. The molecule has 5 heteroatoms. The molecule has 0 amide bonds. The van der Waals surface area contributed by atoms with Crippen molar-refractivity contribution in [1.82, 2.24) is 15.0 Å². The molecule has 0 fully saturated rings. The number of thiophene rings is 1. The topological polar surface area (TPSA) is 51.8 Å². The number of nitrogens with zero attached hydrogens (tertiary/aromatic N) is 3. The Morgan fingerprint density at radius 1 is 0.360 bits per heavy atom. The van der Waals surface area contributed by atoms with E-state index in [0.29, 0.717) is 17.5 Å². The van der Waals surface area contributed by atoms with Crippen molar-refractivity contribution < 1.29 is 4.42 Å². The second kappa shape index (κ2) is 11.6. The fraction of sp³-hybridized carbons (Fsp3) is 0. The lowest BCUT2D eigenvalue weighted by atomic mass is 9.94. The number of hydrogen-bond acceptors (Lipinski definition) is 5. The van der Waals surface area contributed by atoms with Gasteiger partial charge in [-0.15, -0.1) is 11.3 Å². The molecule has 0 atom stereocenters. The molecule has 0 spiro atoms. The van der Waals surface area contributed by atoms with Gasteiger partial charge in [0.15, 0.2) is 17.5 Å². The summed E-state index contributed by atoms with van der Waals surface area (Å²) in [5, 5.41) is 4.61. The standard InChI is InChI=1S/C45H27N3OS/c1-4-13-28(14-5-1)36-25-32(26-38-41(36)33-19-10-11-21-37(33)49-38)31-23-24-34-40(27-31)50-39-22-12-20-35(42(34)39)45-47-43(29-15-6-2-7-16-29)46-44(48-45)30-17-8-3-9-18-30/h1-27H. The second-order valence-electron chi connectivity index (χ2n) is 12.4. The minimum atomic E-state index is 0.656. The zero-order valence-corrected chi connectivity index (χ0v) is 27.6. The van der Waals surface area contributed by atoms with Crippen LogP contribution >= 0.6 is 11.3 Å². The van der Waals surface area contributed by atoms with Crippen LogP contribution in [0, 0.1) is 0 Å². The molecular weight excluding hydrogens is 631 g/mol. The summed E-state index contributed by atoms with van der Waals surface area (Å²) < 4.78 is 8.84. The van der Waals surface area contributed by atoms with E-state index >= 15 is 0 Å². The van der Waals surface area contributed by atoms with E-state index in [1.165, 1.54) is 25.9 Å². The fourth-order valence-corrected chi connectivity index (χ4v) is 8.16. The van der Waals surface area contributed by atoms with Gasteiger partial charge in [0.1, 0.15) is 11.2 Å². The second-order valence-corrected chi connectivity index (χ2v) is 13.5. The quantitative estimate of drug-likeness (QED) is 0.185. The Kier molecular flexibility index (Phi) is 6.64. The first kappa shape index (κ1) is 28.6. The van der Waals surface area contributed by atoms with Gasteiger partial charge in [-0.3, -0.25) is 0 Å². The van der Waals surface area contributed by atoms with E-state index in [1.807, 2.05) is 72.8 Å². The van der Waals surface area contributed by atoms with Crippen LogP contribution in [-0.4, -0.2) is 15.0 Å². The maximum absolute atomic E-state index is 6.44. The predicted octanol–water partition coefficient (Wildman–Crippen LogP) is 12.5. The van der Waals surface area contributed by atoms with E-state index in [1.54, 1.807) is 11.3 Å². The lowest BCUT2D eigenvalue weighted by molar-refractivity contribution is 0.669. The first-order valence-corrected chi connectivity index (χ1v) is 17.4. The van der Waals surface area contributed by atoms with Gasteiger partial charge in [0, 0.05) is 47.6 Å². The molecule has 0 unspecified atom stereocenters. The van der Waals surface area contributed by atoms with E-state index in [2.05, 4.69) is 91.0 Å². The largest absolute Gasteiger partial charge is 0.456 e. The Bertz CT molecular complexity index is 2800. The number of aromatic nitrogens is 3. The van der Waals surface area contributed by atoms with Crippen LogP contribution < -0.4 is 0 Å².